The van der Waals surface area contributed by atoms with E-state index in [1.165, 1.54) is 11.8 Å². The highest BCUT2D eigenvalue weighted by Crippen LogP contribution is 2.36. The van der Waals surface area contributed by atoms with Gasteiger partial charge in [-0.2, -0.15) is 0 Å². The Kier molecular flexibility index (Phi) is 4.10. The second-order valence-electron chi connectivity index (χ2n) is 3.17. The summed E-state index contributed by atoms with van der Waals surface area (Å²) in [5.74, 6) is 0. The molecule has 0 saturated heterocycles. The summed E-state index contributed by atoms with van der Waals surface area (Å²) in [6.45, 7) is 0. The van der Waals surface area contributed by atoms with Crippen LogP contribution in [0.4, 0.5) is 5.69 Å². The van der Waals surface area contributed by atoms with Crippen molar-refractivity contribution in [3.63, 3.8) is 0 Å². The SMILES string of the molecule is CNc1ccccc1Sc1cc(Cl)nnc1Cl. The number of nitrogens with one attached hydrogen (secondary N) is 1. The van der Waals surface area contributed by atoms with Crippen LogP contribution in [-0.4, -0.2) is 17.2 Å². The second kappa shape index (κ2) is 5.58. The van der Waals surface area contributed by atoms with Crippen LogP contribution in [0.1, 0.15) is 0 Å². The van der Waals surface area contributed by atoms with Crippen LogP contribution in [0.5, 0.6) is 0 Å². The minimum Gasteiger partial charge on any atom is -0.387 e. The van der Waals surface area contributed by atoms with Crippen molar-refractivity contribution in [3.8, 4) is 0 Å². The molecule has 6 heteroatoms. The highest BCUT2D eigenvalue weighted by atomic mass is 35.5. The Morgan fingerprint density at radius 2 is 1.88 bits per heavy atom. The molecule has 0 aliphatic carbocycles. The van der Waals surface area contributed by atoms with Gasteiger partial charge < -0.3 is 5.32 Å². The molecule has 0 aliphatic rings. The molecule has 0 atom stereocenters. The number of halogens is 2. The molecule has 0 bridgehead atoms. The van der Waals surface area contributed by atoms with Crippen LogP contribution in [0.2, 0.25) is 10.3 Å². The zero-order chi connectivity index (χ0) is 12.3. The van der Waals surface area contributed by atoms with Gasteiger partial charge in [0.15, 0.2) is 10.3 Å². The first-order valence-electron chi connectivity index (χ1n) is 4.84. The van der Waals surface area contributed by atoms with Gasteiger partial charge in [-0.3, -0.25) is 0 Å². The lowest BCUT2D eigenvalue weighted by atomic mass is 10.3. The van der Waals surface area contributed by atoms with Gasteiger partial charge in [0, 0.05) is 17.6 Å². The molecule has 2 rings (SSSR count). The number of aromatic nitrogens is 2. The molecule has 2 aromatic rings. The van der Waals surface area contributed by atoms with Crippen molar-refractivity contribution in [1.82, 2.24) is 10.2 Å². The molecular weight excluding hydrogens is 277 g/mol. The molecule has 0 amide bonds. The maximum atomic E-state index is 5.97. The largest absolute Gasteiger partial charge is 0.387 e. The first-order chi connectivity index (χ1) is 8.20. The predicted octanol–water partition coefficient (Wildman–Crippen LogP) is 3.98. The maximum Gasteiger partial charge on any atom is 0.165 e. The van der Waals surface area contributed by atoms with Crippen LogP contribution < -0.4 is 5.32 Å². The van der Waals surface area contributed by atoms with Gasteiger partial charge in [-0.05, 0) is 18.2 Å². The smallest absolute Gasteiger partial charge is 0.165 e. The third kappa shape index (κ3) is 3.03. The van der Waals surface area contributed by atoms with Crippen LogP contribution in [0, 0.1) is 0 Å². The minimum absolute atomic E-state index is 0.332. The average Bonchev–Trinajstić information content (AvgIpc) is 2.34. The molecule has 0 radical (unpaired) electrons. The van der Waals surface area contributed by atoms with Gasteiger partial charge in [0.25, 0.3) is 0 Å². The molecule has 17 heavy (non-hydrogen) atoms. The number of hydrogen-bond acceptors (Lipinski definition) is 4. The number of para-hydroxylation sites is 1. The Balaban J connectivity index is 2.34. The van der Waals surface area contributed by atoms with Crippen molar-refractivity contribution in [1.29, 1.82) is 0 Å². The average molecular weight is 286 g/mol. The molecule has 1 heterocycles. The van der Waals surface area contributed by atoms with Crippen molar-refractivity contribution >= 4 is 40.7 Å². The molecule has 1 aromatic carbocycles. The molecule has 1 N–H and O–H groups in total. The zero-order valence-electron chi connectivity index (χ0n) is 8.95. The Hall–Kier alpha value is -0.970. The van der Waals surface area contributed by atoms with Gasteiger partial charge in [0.05, 0.1) is 4.90 Å². The third-order valence-corrected chi connectivity index (χ3v) is 3.75. The number of rotatable bonds is 3. The lowest BCUT2D eigenvalue weighted by molar-refractivity contribution is 0.998. The van der Waals surface area contributed by atoms with Gasteiger partial charge in [0.1, 0.15) is 0 Å². The second-order valence-corrected chi connectivity index (χ2v) is 5.00. The standard InChI is InChI=1S/C11H9Cl2N3S/c1-14-7-4-2-3-5-8(7)17-9-6-10(12)15-16-11(9)13/h2-6,14H,1H3. The van der Waals surface area contributed by atoms with E-state index in [0.29, 0.717) is 10.3 Å². The van der Waals surface area contributed by atoms with Crippen LogP contribution in [0.15, 0.2) is 40.1 Å². The molecule has 0 unspecified atom stereocenters. The normalized spacial score (nSPS) is 10.3. The summed E-state index contributed by atoms with van der Waals surface area (Å²) in [7, 11) is 1.87. The zero-order valence-corrected chi connectivity index (χ0v) is 11.3. The maximum absolute atomic E-state index is 5.97. The van der Waals surface area contributed by atoms with Gasteiger partial charge in [0.2, 0.25) is 0 Å². The fourth-order valence-corrected chi connectivity index (χ4v) is 2.67. The van der Waals surface area contributed by atoms with Crippen molar-refractivity contribution < 1.29 is 0 Å². The van der Waals surface area contributed by atoms with Crippen molar-refractivity contribution in [2.45, 2.75) is 9.79 Å². The number of benzene rings is 1. The van der Waals surface area contributed by atoms with E-state index >= 15 is 0 Å². The molecule has 0 saturated carbocycles. The molecule has 3 nitrogen and oxygen atoms in total. The summed E-state index contributed by atoms with van der Waals surface area (Å²) in [6.07, 6.45) is 0. The molecule has 88 valence electrons. The van der Waals surface area contributed by atoms with Gasteiger partial charge in [-0.25, -0.2) is 0 Å². The lowest BCUT2D eigenvalue weighted by Gasteiger charge is -2.08. The third-order valence-electron chi connectivity index (χ3n) is 2.06. The fraction of sp³-hybridized carbons (Fsp3) is 0.0909. The number of nitrogens with zero attached hydrogens (tertiary/aromatic N) is 2. The monoisotopic (exact) mass is 285 g/mol. The highest BCUT2D eigenvalue weighted by Gasteiger charge is 2.08. The number of hydrogen-bond donors (Lipinski definition) is 1. The Morgan fingerprint density at radius 1 is 1.12 bits per heavy atom. The summed E-state index contributed by atoms with van der Waals surface area (Å²) in [5, 5.41) is 11.3. The summed E-state index contributed by atoms with van der Waals surface area (Å²) in [5.41, 5.74) is 1.03. The van der Waals surface area contributed by atoms with Crippen LogP contribution >= 0.6 is 35.0 Å². The first-order valence-corrected chi connectivity index (χ1v) is 6.41. The number of anilines is 1. The highest BCUT2D eigenvalue weighted by molar-refractivity contribution is 7.99. The predicted molar refractivity (Wildman–Crippen MR) is 72.2 cm³/mol. The van der Waals surface area contributed by atoms with E-state index in [2.05, 4.69) is 15.5 Å². The summed E-state index contributed by atoms with van der Waals surface area (Å²) in [4.78, 5) is 1.84. The van der Waals surface area contributed by atoms with E-state index in [9.17, 15) is 0 Å². The topological polar surface area (TPSA) is 37.8 Å². The van der Waals surface area contributed by atoms with E-state index in [0.717, 1.165) is 15.5 Å². The molecule has 0 aliphatic heterocycles. The first kappa shape index (κ1) is 12.5. The summed E-state index contributed by atoms with van der Waals surface area (Å²) >= 11 is 13.3. The van der Waals surface area contributed by atoms with E-state index in [-0.39, 0.29) is 0 Å². The molecule has 0 spiro atoms. The van der Waals surface area contributed by atoms with Gasteiger partial charge in [-0.15, -0.1) is 10.2 Å². The van der Waals surface area contributed by atoms with Crippen LogP contribution in [0.25, 0.3) is 0 Å². The van der Waals surface area contributed by atoms with E-state index in [1.807, 2.05) is 31.3 Å². The molecule has 0 fully saturated rings. The quantitative estimate of drug-likeness (QED) is 0.926. The molecular formula is C11H9Cl2N3S. The Labute approximate surface area is 114 Å². The van der Waals surface area contributed by atoms with Gasteiger partial charge >= 0.3 is 0 Å². The Morgan fingerprint density at radius 3 is 2.65 bits per heavy atom. The lowest BCUT2D eigenvalue weighted by Crippen LogP contribution is -1.91. The minimum atomic E-state index is 0.332. The fourth-order valence-electron chi connectivity index (χ4n) is 1.29. The van der Waals surface area contributed by atoms with Crippen LogP contribution in [-0.2, 0) is 0 Å². The van der Waals surface area contributed by atoms with Crippen molar-refractivity contribution in [2.24, 2.45) is 0 Å². The van der Waals surface area contributed by atoms with Crippen molar-refractivity contribution in [2.75, 3.05) is 12.4 Å². The van der Waals surface area contributed by atoms with E-state index in [1.54, 1.807) is 6.07 Å². The van der Waals surface area contributed by atoms with Gasteiger partial charge in [-0.1, -0.05) is 47.1 Å². The van der Waals surface area contributed by atoms with Crippen LogP contribution in [0.3, 0.4) is 0 Å². The summed E-state index contributed by atoms with van der Waals surface area (Å²) < 4.78 is 0. The Bertz CT molecular complexity index is 534. The molecule has 1 aromatic heterocycles. The van der Waals surface area contributed by atoms with E-state index < -0.39 is 0 Å². The van der Waals surface area contributed by atoms with E-state index in [4.69, 9.17) is 23.2 Å². The summed E-state index contributed by atoms with van der Waals surface area (Å²) in [6, 6.07) is 9.63. The van der Waals surface area contributed by atoms with Crippen molar-refractivity contribution in [3.05, 3.63) is 40.6 Å².